The molecule has 26 heavy (non-hydrogen) atoms. The largest absolute Gasteiger partial charge is 0.504 e. The molecular formula is C18H20N2O5S. The number of amides is 1. The van der Waals surface area contributed by atoms with Gasteiger partial charge < -0.3 is 19.9 Å². The molecular weight excluding hydrogens is 356 g/mol. The summed E-state index contributed by atoms with van der Waals surface area (Å²) in [6.45, 7) is 4.16. The fourth-order valence-corrected chi connectivity index (χ4v) is 3.44. The van der Waals surface area contributed by atoms with Crippen molar-refractivity contribution in [3.8, 4) is 17.6 Å². The van der Waals surface area contributed by atoms with Crippen LogP contribution < -0.4 is 10.1 Å². The molecule has 0 aromatic heterocycles. The molecule has 1 aromatic carbocycles. The van der Waals surface area contributed by atoms with E-state index in [1.807, 2.05) is 0 Å². The van der Waals surface area contributed by atoms with E-state index in [0.29, 0.717) is 28.5 Å². The van der Waals surface area contributed by atoms with Crippen LogP contribution in [0.25, 0.3) is 0 Å². The van der Waals surface area contributed by atoms with Crippen molar-refractivity contribution < 1.29 is 24.2 Å². The molecule has 8 heteroatoms. The van der Waals surface area contributed by atoms with Gasteiger partial charge in [0.15, 0.2) is 11.5 Å². The van der Waals surface area contributed by atoms with E-state index in [2.05, 4.69) is 11.4 Å². The molecule has 1 unspecified atom stereocenters. The van der Waals surface area contributed by atoms with Crippen molar-refractivity contribution in [3.63, 3.8) is 0 Å². The summed E-state index contributed by atoms with van der Waals surface area (Å²) in [5, 5.41) is 22.5. The number of allylic oxidation sites excluding steroid dienone is 1. The van der Waals surface area contributed by atoms with Gasteiger partial charge in [-0.1, -0.05) is 17.8 Å². The van der Waals surface area contributed by atoms with Crippen molar-refractivity contribution in [2.24, 2.45) is 0 Å². The number of benzene rings is 1. The van der Waals surface area contributed by atoms with Crippen molar-refractivity contribution >= 4 is 23.6 Å². The van der Waals surface area contributed by atoms with E-state index in [1.54, 1.807) is 26.0 Å². The first-order valence-electron chi connectivity index (χ1n) is 8.18. The number of carbonyl (C=O) groups excluding carboxylic acids is 2. The van der Waals surface area contributed by atoms with Gasteiger partial charge in [0.2, 0.25) is 5.91 Å². The van der Waals surface area contributed by atoms with Gasteiger partial charge in [-0.3, -0.25) is 9.59 Å². The van der Waals surface area contributed by atoms with Crippen LogP contribution in [0.4, 0.5) is 0 Å². The van der Waals surface area contributed by atoms with Crippen LogP contribution in [0.2, 0.25) is 0 Å². The fourth-order valence-electron chi connectivity index (χ4n) is 2.57. The molecule has 1 aliphatic heterocycles. The number of nitrogens with one attached hydrogen (secondary N) is 1. The molecule has 0 aliphatic carbocycles. The van der Waals surface area contributed by atoms with Gasteiger partial charge in [0.1, 0.15) is 0 Å². The molecule has 0 saturated carbocycles. The number of phenolic OH excluding ortho intramolecular Hbond substituents is 1. The van der Waals surface area contributed by atoms with Crippen molar-refractivity contribution in [2.75, 3.05) is 19.0 Å². The first-order valence-corrected chi connectivity index (χ1v) is 9.16. The van der Waals surface area contributed by atoms with Gasteiger partial charge >= 0.3 is 5.97 Å². The molecule has 1 heterocycles. The lowest BCUT2D eigenvalue weighted by atomic mass is 9.87. The Morgan fingerprint density at radius 2 is 2.19 bits per heavy atom. The highest BCUT2D eigenvalue weighted by Crippen LogP contribution is 2.39. The molecule has 0 fully saturated rings. The monoisotopic (exact) mass is 376 g/mol. The molecule has 1 atom stereocenters. The lowest BCUT2D eigenvalue weighted by molar-refractivity contribution is -0.139. The number of aromatic hydroxyl groups is 1. The maximum atomic E-state index is 12.1. The summed E-state index contributed by atoms with van der Waals surface area (Å²) in [5.74, 6) is -0.836. The third-order valence-electron chi connectivity index (χ3n) is 3.68. The first-order chi connectivity index (χ1) is 12.5. The summed E-state index contributed by atoms with van der Waals surface area (Å²) in [5.41, 5.74) is 1.05. The highest BCUT2D eigenvalue weighted by molar-refractivity contribution is 8.03. The smallest absolute Gasteiger partial charge is 0.316 e. The maximum absolute atomic E-state index is 12.1. The van der Waals surface area contributed by atoms with Crippen LogP contribution in [0.15, 0.2) is 28.8 Å². The summed E-state index contributed by atoms with van der Waals surface area (Å²) >= 11 is 1.07. The van der Waals surface area contributed by atoms with E-state index < -0.39 is 11.9 Å². The quantitative estimate of drug-likeness (QED) is 0.704. The molecule has 1 aromatic rings. The van der Waals surface area contributed by atoms with Crippen molar-refractivity contribution in [2.45, 2.75) is 26.2 Å². The summed E-state index contributed by atoms with van der Waals surface area (Å²) in [6, 6.07) is 6.90. The molecule has 1 aliphatic rings. The van der Waals surface area contributed by atoms with Gasteiger partial charge in [0, 0.05) is 12.3 Å². The van der Waals surface area contributed by atoms with Crippen LogP contribution in [-0.2, 0) is 14.3 Å². The minimum atomic E-state index is -0.474. The standard InChI is InChI=1S/C18H20N2O5S/c1-3-24-15-7-11(5-6-14(15)21)12-8-16(22)20-18(13(12)9-19)26-10-17(23)25-4-2/h5-7,12,21H,3-4,8,10H2,1-2H3,(H,20,22). The summed E-state index contributed by atoms with van der Waals surface area (Å²) < 4.78 is 10.3. The van der Waals surface area contributed by atoms with Crippen LogP contribution in [0, 0.1) is 11.3 Å². The number of carbonyl (C=O) groups is 2. The molecule has 0 spiro atoms. The number of nitrogens with zero attached hydrogens (tertiary/aromatic N) is 1. The lowest BCUT2D eigenvalue weighted by Crippen LogP contribution is -2.31. The Morgan fingerprint density at radius 3 is 2.85 bits per heavy atom. The van der Waals surface area contributed by atoms with Gasteiger partial charge in [0.25, 0.3) is 0 Å². The van der Waals surface area contributed by atoms with E-state index in [4.69, 9.17) is 9.47 Å². The topological polar surface area (TPSA) is 109 Å². The van der Waals surface area contributed by atoms with Gasteiger partial charge in [-0.15, -0.1) is 0 Å². The van der Waals surface area contributed by atoms with Crippen LogP contribution >= 0.6 is 11.8 Å². The predicted molar refractivity (Wildman–Crippen MR) is 96.5 cm³/mol. The van der Waals surface area contributed by atoms with E-state index in [-0.39, 0.29) is 30.4 Å². The minimum absolute atomic E-state index is 0.00112. The van der Waals surface area contributed by atoms with Crippen LogP contribution in [0.3, 0.4) is 0 Å². The summed E-state index contributed by atoms with van der Waals surface area (Å²) in [4.78, 5) is 23.7. The van der Waals surface area contributed by atoms with E-state index in [1.165, 1.54) is 6.07 Å². The highest BCUT2D eigenvalue weighted by atomic mass is 32.2. The zero-order valence-corrected chi connectivity index (χ0v) is 15.4. The molecule has 1 amide bonds. The maximum Gasteiger partial charge on any atom is 0.316 e. The highest BCUT2D eigenvalue weighted by Gasteiger charge is 2.30. The normalized spacial score (nSPS) is 16.7. The average Bonchev–Trinajstić information content (AvgIpc) is 2.61. The Hall–Kier alpha value is -2.66. The Bertz CT molecular complexity index is 769. The third kappa shape index (κ3) is 4.70. The number of hydrogen-bond acceptors (Lipinski definition) is 7. The van der Waals surface area contributed by atoms with E-state index in [0.717, 1.165) is 11.8 Å². The second kappa shape index (κ2) is 9.15. The van der Waals surface area contributed by atoms with Gasteiger partial charge in [-0.25, -0.2) is 0 Å². The van der Waals surface area contributed by atoms with Gasteiger partial charge in [-0.2, -0.15) is 5.26 Å². The van der Waals surface area contributed by atoms with Gasteiger partial charge in [0.05, 0.1) is 35.6 Å². The zero-order chi connectivity index (χ0) is 19.1. The number of nitriles is 1. The Labute approximate surface area is 156 Å². The predicted octanol–water partition coefficient (Wildman–Crippen LogP) is 2.43. The molecule has 138 valence electrons. The summed E-state index contributed by atoms with van der Waals surface area (Å²) in [7, 11) is 0. The third-order valence-corrected chi connectivity index (χ3v) is 4.67. The minimum Gasteiger partial charge on any atom is -0.504 e. The number of ether oxygens (including phenoxy) is 2. The SMILES string of the molecule is CCOC(=O)CSC1=C(C#N)C(c2ccc(O)c(OCC)c2)CC(=O)N1. The second-order valence-electron chi connectivity index (χ2n) is 5.41. The van der Waals surface area contributed by atoms with Gasteiger partial charge in [-0.05, 0) is 31.5 Å². The van der Waals surface area contributed by atoms with Crippen LogP contribution in [0.1, 0.15) is 31.7 Å². The molecule has 2 rings (SSSR count). The number of thioether (sulfide) groups is 1. The Balaban J connectivity index is 2.33. The number of rotatable bonds is 7. The Morgan fingerprint density at radius 1 is 1.42 bits per heavy atom. The average molecular weight is 376 g/mol. The van der Waals surface area contributed by atoms with E-state index >= 15 is 0 Å². The van der Waals surface area contributed by atoms with Crippen LogP contribution in [0.5, 0.6) is 11.5 Å². The molecule has 0 saturated heterocycles. The van der Waals surface area contributed by atoms with Crippen molar-refractivity contribution in [3.05, 3.63) is 34.4 Å². The zero-order valence-electron chi connectivity index (χ0n) is 14.6. The molecule has 0 bridgehead atoms. The lowest BCUT2D eigenvalue weighted by Gasteiger charge is -2.25. The number of phenols is 1. The summed E-state index contributed by atoms with van der Waals surface area (Å²) in [6.07, 6.45) is 0.0999. The second-order valence-corrected chi connectivity index (χ2v) is 6.40. The molecule has 7 nitrogen and oxygen atoms in total. The first kappa shape index (κ1) is 19.7. The Kier molecular flexibility index (Phi) is 6.92. The van der Waals surface area contributed by atoms with Crippen molar-refractivity contribution in [1.29, 1.82) is 5.26 Å². The fraction of sp³-hybridized carbons (Fsp3) is 0.389. The number of hydrogen-bond donors (Lipinski definition) is 2. The molecule has 0 radical (unpaired) electrons. The van der Waals surface area contributed by atoms with E-state index in [9.17, 15) is 20.0 Å². The molecule has 2 N–H and O–H groups in total. The van der Waals surface area contributed by atoms with Crippen LogP contribution in [-0.4, -0.2) is 35.9 Å². The number of esters is 1. The van der Waals surface area contributed by atoms with Crippen molar-refractivity contribution in [1.82, 2.24) is 5.32 Å².